The molecule has 1 aromatic carbocycles. The molecule has 1 amide bonds. The van der Waals surface area contributed by atoms with Crippen molar-refractivity contribution in [2.75, 3.05) is 19.6 Å². The Morgan fingerprint density at radius 3 is 2.80 bits per heavy atom. The van der Waals surface area contributed by atoms with Crippen LogP contribution in [0.4, 0.5) is 0 Å². The molecular formula is C15H22N4O. The fourth-order valence-corrected chi connectivity index (χ4v) is 2.34. The molecule has 1 fully saturated rings. The maximum atomic E-state index is 11.2. The number of rotatable bonds is 4. The van der Waals surface area contributed by atoms with Gasteiger partial charge in [0.15, 0.2) is 5.96 Å². The smallest absolute Gasteiger partial charge is 0.248 e. The Labute approximate surface area is 119 Å². The van der Waals surface area contributed by atoms with Gasteiger partial charge >= 0.3 is 0 Å². The third kappa shape index (κ3) is 3.73. The predicted molar refractivity (Wildman–Crippen MR) is 80.6 cm³/mol. The van der Waals surface area contributed by atoms with Crippen LogP contribution in [-0.2, 0) is 6.54 Å². The molecule has 1 heterocycles. The summed E-state index contributed by atoms with van der Waals surface area (Å²) in [4.78, 5) is 18.1. The van der Waals surface area contributed by atoms with Gasteiger partial charge in [-0.05, 0) is 37.5 Å². The minimum atomic E-state index is -0.401. The Balaban J connectivity index is 2.08. The minimum absolute atomic E-state index is 0.401. The van der Waals surface area contributed by atoms with Crippen molar-refractivity contribution in [3.8, 4) is 0 Å². The van der Waals surface area contributed by atoms with Gasteiger partial charge in [0, 0.05) is 25.2 Å². The second-order valence-electron chi connectivity index (χ2n) is 4.93. The number of nitrogens with two attached hydrogens (primary N) is 1. The Morgan fingerprint density at radius 2 is 2.15 bits per heavy atom. The summed E-state index contributed by atoms with van der Waals surface area (Å²) in [6.07, 6.45) is 2.45. The number of likely N-dealkylation sites (tertiary alicyclic amines) is 1. The molecule has 0 bridgehead atoms. The SMILES string of the molecule is CCNC(=NCc1cccc(C(N)=O)c1)N1CCCC1. The monoisotopic (exact) mass is 274 g/mol. The molecule has 1 aliphatic rings. The van der Waals surface area contributed by atoms with Gasteiger partial charge in [0.1, 0.15) is 0 Å². The molecule has 0 unspecified atom stereocenters. The van der Waals surface area contributed by atoms with Gasteiger partial charge in [-0.1, -0.05) is 12.1 Å². The summed E-state index contributed by atoms with van der Waals surface area (Å²) in [5, 5.41) is 3.32. The van der Waals surface area contributed by atoms with E-state index in [2.05, 4.69) is 22.1 Å². The Kier molecular flexibility index (Phi) is 4.98. The number of hydrogen-bond acceptors (Lipinski definition) is 2. The van der Waals surface area contributed by atoms with E-state index in [4.69, 9.17) is 5.73 Å². The van der Waals surface area contributed by atoms with Crippen LogP contribution in [0.15, 0.2) is 29.3 Å². The van der Waals surface area contributed by atoms with Crippen LogP contribution in [0.3, 0.4) is 0 Å². The molecule has 0 aliphatic carbocycles. The number of nitrogens with zero attached hydrogens (tertiary/aromatic N) is 2. The molecule has 108 valence electrons. The number of carbonyl (C=O) groups is 1. The quantitative estimate of drug-likeness (QED) is 0.643. The molecule has 0 radical (unpaired) electrons. The van der Waals surface area contributed by atoms with Crippen molar-refractivity contribution in [2.24, 2.45) is 10.7 Å². The van der Waals surface area contributed by atoms with Crippen LogP contribution < -0.4 is 11.1 Å². The topological polar surface area (TPSA) is 70.7 Å². The van der Waals surface area contributed by atoms with Crippen LogP contribution in [0.5, 0.6) is 0 Å². The second kappa shape index (κ2) is 6.93. The maximum Gasteiger partial charge on any atom is 0.248 e. The highest BCUT2D eigenvalue weighted by atomic mass is 16.1. The summed E-state index contributed by atoms with van der Waals surface area (Å²) in [7, 11) is 0. The highest BCUT2D eigenvalue weighted by Gasteiger charge is 2.15. The van der Waals surface area contributed by atoms with Gasteiger partial charge < -0.3 is 16.0 Å². The number of primary amides is 1. The lowest BCUT2D eigenvalue weighted by atomic mass is 10.1. The van der Waals surface area contributed by atoms with Gasteiger partial charge in [-0.2, -0.15) is 0 Å². The molecular weight excluding hydrogens is 252 g/mol. The van der Waals surface area contributed by atoms with E-state index in [1.165, 1.54) is 12.8 Å². The van der Waals surface area contributed by atoms with Crippen molar-refractivity contribution >= 4 is 11.9 Å². The number of amides is 1. The van der Waals surface area contributed by atoms with Crippen molar-refractivity contribution in [2.45, 2.75) is 26.3 Å². The van der Waals surface area contributed by atoms with E-state index < -0.39 is 5.91 Å². The fourth-order valence-electron chi connectivity index (χ4n) is 2.34. The fraction of sp³-hybridized carbons (Fsp3) is 0.467. The lowest BCUT2D eigenvalue weighted by molar-refractivity contribution is 0.1000. The average molecular weight is 274 g/mol. The molecule has 3 N–H and O–H groups in total. The zero-order valence-corrected chi connectivity index (χ0v) is 11.9. The first-order valence-corrected chi connectivity index (χ1v) is 7.12. The number of benzene rings is 1. The third-order valence-electron chi connectivity index (χ3n) is 3.36. The molecule has 0 spiro atoms. The molecule has 5 heteroatoms. The number of carbonyl (C=O) groups excluding carboxylic acids is 1. The van der Waals surface area contributed by atoms with E-state index in [0.717, 1.165) is 31.2 Å². The number of guanidine groups is 1. The van der Waals surface area contributed by atoms with Crippen molar-refractivity contribution in [3.63, 3.8) is 0 Å². The molecule has 0 saturated carbocycles. The predicted octanol–water partition coefficient (Wildman–Crippen LogP) is 1.35. The number of hydrogen-bond donors (Lipinski definition) is 2. The molecule has 2 rings (SSSR count). The first-order valence-electron chi connectivity index (χ1n) is 7.12. The van der Waals surface area contributed by atoms with Crippen molar-refractivity contribution in [1.29, 1.82) is 0 Å². The lowest BCUT2D eigenvalue weighted by Crippen LogP contribution is -2.39. The number of aliphatic imine (C=N–C) groups is 1. The number of nitrogens with one attached hydrogen (secondary N) is 1. The van der Waals surface area contributed by atoms with Gasteiger partial charge in [-0.15, -0.1) is 0 Å². The van der Waals surface area contributed by atoms with Crippen LogP contribution in [0.1, 0.15) is 35.7 Å². The molecule has 1 aliphatic heterocycles. The Hall–Kier alpha value is -2.04. The van der Waals surface area contributed by atoms with E-state index in [-0.39, 0.29) is 0 Å². The maximum absolute atomic E-state index is 11.2. The van der Waals surface area contributed by atoms with Crippen LogP contribution >= 0.6 is 0 Å². The van der Waals surface area contributed by atoms with E-state index >= 15 is 0 Å². The highest BCUT2D eigenvalue weighted by Crippen LogP contribution is 2.10. The summed E-state index contributed by atoms with van der Waals surface area (Å²) in [6, 6.07) is 7.33. The lowest BCUT2D eigenvalue weighted by Gasteiger charge is -2.20. The van der Waals surface area contributed by atoms with Crippen LogP contribution in [0.25, 0.3) is 0 Å². The summed E-state index contributed by atoms with van der Waals surface area (Å²) >= 11 is 0. The first kappa shape index (κ1) is 14.4. The normalized spacial score (nSPS) is 15.4. The second-order valence-corrected chi connectivity index (χ2v) is 4.93. The van der Waals surface area contributed by atoms with Gasteiger partial charge in [0.05, 0.1) is 6.54 Å². The van der Waals surface area contributed by atoms with Crippen LogP contribution in [-0.4, -0.2) is 36.4 Å². The molecule has 1 saturated heterocycles. The van der Waals surface area contributed by atoms with Gasteiger partial charge in [0.2, 0.25) is 5.91 Å². The molecule has 1 aromatic rings. The van der Waals surface area contributed by atoms with Gasteiger partial charge in [-0.3, -0.25) is 4.79 Å². The minimum Gasteiger partial charge on any atom is -0.366 e. The summed E-state index contributed by atoms with van der Waals surface area (Å²) in [5.41, 5.74) is 6.82. The zero-order chi connectivity index (χ0) is 14.4. The Bertz CT molecular complexity index is 492. The molecule has 20 heavy (non-hydrogen) atoms. The van der Waals surface area contributed by atoms with E-state index in [1.54, 1.807) is 12.1 Å². The standard InChI is InChI=1S/C15H22N4O/c1-2-17-15(19-8-3-4-9-19)18-11-12-6-5-7-13(10-12)14(16)20/h5-7,10H,2-4,8-9,11H2,1H3,(H2,16,20)(H,17,18). The van der Waals surface area contributed by atoms with Crippen molar-refractivity contribution in [1.82, 2.24) is 10.2 Å². The average Bonchev–Trinajstić information content (AvgIpc) is 2.97. The zero-order valence-electron chi connectivity index (χ0n) is 11.9. The highest BCUT2D eigenvalue weighted by molar-refractivity contribution is 5.92. The van der Waals surface area contributed by atoms with E-state index in [1.807, 2.05) is 12.1 Å². The van der Waals surface area contributed by atoms with Crippen LogP contribution in [0.2, 0.25) is 0 Å². The summed E-state index contributed by atoms with van der Waals surface area (Å²) in [5.74, 6) is 0.553. The van der Waals surface area contributed by atoms with Crippen LogP contribution in [0, 0.1) is 0 Å². The largest absolute Gasteiger partial charge is 0.366 e. The molecule has 5 nitrogen and oxygen atoms in total. The first-order chi connectivity index (χ1) is 9.70. The van der Waals surface area contributed by atoms with E-state index in [9.17, 15) is 4.79 Å². The van der Waals surface area contributed by atoms with Gasteiger partial charge in [0.25, 0.3) is 0 Å². The summed E-state index contributed by atoms with van der Waals surface area (Å²) in [6.45, 7) is 5.61. The van der Waals surface area contributed by atoms with Crippen molar-refractivity contribution < 1.29 is 4.79 Å². The van der Waals surface area contributed by atoms with Crippen molar-refractivity contribution in [3.05, 3.63) is 35.4 Å². The summed E-state index contributed by atoms with van der Waals surface area (Å²) < 4.78 is 0. The van der Waals surface area contributed by atoms with E-state index in [0.29, 0.717) is 12.1 Å². The van der Waals surface area contributed by atoms with Gasteiger partial charge in [-0.25, -0.2) is 4.99 Å². The Morgan fingerprint density at radius 1 is 1.40 bits per heavy atom. The molecule has 0 aromatic heterocycles. The molecule has 0 atom stereocenters. The third-order valence-corrected chi connectivity index (χ3v) is 3.36.